The van der Waals surface area contributed by atoms with Crippen molar-refractivity contribution in [3.05, 3.63) is 88.7 Å². The van der Waals surface area contributed by atoms with Gasteiger partial charge in [0.05, 0.1) is 50.5 Å². The van der Waals surface area contributed by atoms with Gasteiger partial charge in [0.2, 0.25) is 5.95 Å². The van der Waals surface area contributed by atoms with Crippen LogP contribution in [0.3, 0.4) is 0 Å². The van der Waals surface area contributed by atoms with E-state index in [1.54, 1.807) is 19.1 Å². The molecular weight excluding hydrogens is 708 g/mol. The van der Waals surface area contributed by atoms with Crippen molar-refractivity contribution >= 4 is 11.9 Å². The largest absolute Gasteiger partial charge is 0.496 e. The maximum absolute atomic E-state index is 13.9. The number of aliphatic carboxylic acids is 1. The quantitative estimate of drug-likeness (QED) is 0.0835. The zero-order chi connectivity index (χ0) is 38.9. The van der Waals surface area contributed by atoms with Crippen LogP contribution in [0.25, 0.3) is 11.1 Å². The van der Waals surface area contributed by atoms with Gasteiger partial charge < -0.3 is 29.0 Å². The second kappa shape index (κ2) is 17.5. The van der Waals surface area contributed by atoms with Crippen LogP contribution < -0.4 is 23.8 Å². The third-order valence-electron chi connectivity index (χ3n) is 8.03. The fourth-order valence-electron chi connectivity index (χ4n) is 5.51. The number of hydrogen-bond donors (Lipinski definition) is 1. The summed E-state index contributed by atoms with van der Waals surface area (Å²) in [7, 11) is 1.52. The van der Waals surface area contributed by atoms with Crippen LogP contribution in [0.1, 0.15) is 74.3 Å². The van der Waals surface area contributed by atoms with Crippen LogP contribution in [0.15, 0.2) is 60.9 Å². The number of ether oxygens (including phenoxy) is 4. The maximum atomic E-state index is 13.9. The Morgan fingerprint density at radius 3 is 1.92 bits per heavy atom. The standard InChI is InChI=1S/C38H41F6N3O6/c1-6-51-33-16-26(30(18-34(33)52-7-2)31-15-25(23(3)4)10-11-32(31)50-5)22-47(36-45-19-29(20-46-36)53-12-8-9-35(48)49)21-24-13-27(37(39,40)41)17-28(14-24)38(42,43)44/h10-11,13-20,23H,6-9,12,21-22H2,1-5H3,(H,48,49). The van der Waals surface area contributed by atoms with Crippen molar-refractivity contribution in [3.63, 3.8) is 0 Å². The average Bonchev–Trinajstić information content (AvgIpc) is 3.10. The summed E-state index contributed by atoms with van der Waals surface area (Å²) in [6.45, 7) is 7.70. The summed E-state index contributed by atoms with van der Waals surface area (Å²) in [5.74, 6) is 0.607. The van der Waals surface area contributed by atoms with E-state index < -0.39 is 36.0 Å². The molecule has 0 bridgehead atoms. The van der Waals surface area contributed by atoms with Gasteiger partial charge in [-0.25, -0.2) is 9.97 Å². The smallest absolute Gasteiger partial charge is 0.416 e. The van der Waals surface area contributed by atoms with E-state index in [-0.39, 0.29) is 61.8 Å². The molecule has 0 saturated heterocycles. The third kappa shape index (κ3) is 10.9. The number of anilines is 1. The Kier molecular flexibility index (Phi) is 13.4. The fourth-order valence-corrected chi connectivity index (χ4v) is 5.51. The van der Waals surface area contributed by atoms with Gasteiger partial charge in [-0.15, -0.1) is 0 Å². The predicted molar refractivity (Wildman–Crippen MR) is 186 cm³/mol. The number of carboxylic acids is 1. The molecule has 9 nitrogen and oxygen atoms in total. The average molecular weight is 750 g/mol. The summed E-state index contributed by atoms with van der Waals surface area (Å²) in [5, 5.41) is 8.89. The highest BCUT2D eigenvalue weighted by Crippen LogP contribution is 2.42. The van der Waals surface area contributed by atoms with E-state index in [0.29, 0.717) is 52.7 Å². The van der Waals surface area contributed by atoms with Crippen molar-refractivity contribution < 1.29 is 55.2 Å². The normalized spacial score (nSPS) is 11.8. The number of carbonyl (C=O) groups is 1. The highest BCUT2D eigenvalue weighted by atomic mass is 19.4. The monoisotopic (exact) mass is 749 g/mol. The second-order valence-corrected chi connectivity index (χ2v) is 12.3. The van der Waals surface area contributed by atoms with E-state index >= 15 is 0 Å². The Bertz CT molecular complexity index is 1820. The van der Waals surface area contributed by atoms with Crippen molar-refractivity contribution in [2.45, 2.75) is 71.9 Å². The van der Waals surface area contributed by atoms with Crippen LogP contribution in [0.4, 0.5) is 32.3 Å². The third-order valence-corrected chi connectivity index (χ3v) is 8.03. The SMILES string of the molecule is CCOc1cc(CN(Cc2cc(C(F)(F)F)cc(C(F)(F)F)c2)c2ncc(OCCCC(=O)O)cn2)c(-c2cc(C(C)C)ccc2OC)cc1OCC. The van der Waals surface area contributed by atoms with Gasteiger partial charge in [0.1, 0.15) is 5.75 Å². The zero-order valence-corrected chi connectivity index (χ0v) is 29.9. The van der Waals surface area contributed by atoms with Crippen molar-refractivity contribution in [2.75, 3.05) is 31.8 Å². The molecule has 0 amide bonds. The Hall–Kier alpha value is -5.21. The summed E-state index contributed by atoms with van der Waals surface area (Å²) in [4.78, 5) is 21.0. The number of hydrogen-bond acceptors (Lipinski definition) is 8. The molecule has 0 saturated carbocycles. The van der Waals surface area contributed by atoms with E-state index in [1.807, 2.05) is 39.0 Å². The molecule has 0 aliphatic heterocycles. The number of aromatic nitrogens is 2. The number of methoxy groups -OCH3 is 1. The molecule has 0 atom stereocenters. The number of carboxylic acid groups (broad SMARTS) is 1. The van der Waals surface area contributed by atoms with E-state index in [9.17, 15) is 31.1 Å². The first kappa shape index (κ1) is 40.6. The highest BCUT2D eigenvalue weighted by Gasteiger charge is 2.37. The molecule has 0 unspecified atom stereocenters. The molecular formula is C38H41F6N3O6. The fraction of sp³-hybridized carbons (Fsp3) is 0.395. The summed E-state index contributed by atoms with van der Waals surface area (Å²) in [6, 6.07) is 10.6. The van der Waals surface area contributed by atoms with Gasteiger partial charge in [0.15, 0.2) is 17.2 Å². The number of nitrogens with zero attached hydrogens (tertiary/aromatic N) is 3. The van der Waals surface area contributed by atoms with Crippen molar-refractivity contribution in [2.24, 2.45) is 0 Å². The first-order chi connectivity index (χ1) is 25.0. The van der Waals surface area contributed by atoms with Crippen LogP contribution in [-0.4, -0.2) is 48.0 Å². The molecule has 1 aromatic heterocycles. The number of benzene rings is 3. The Labute approximate surface area is 303 Å². The van der Waals surface area contributed by atoms with Crippen LogP contribution in [-0.2, 0) is 30.2 Å². The Balaban J connectivity index is 1.91. The number of rotatable bonds is 17. The zero-order valence-electron chi connectivity index (χ0n) is 29.9. The van der Waals surface area contributed by atoms with Gasteiger partial charge in [0, 0.05) is 25.1 Å². The molecule has 4 rings (SSSR count). The molecule has 1 heterocycles. The minimum Gasteiger partial charge on any atom is -0.496 e. The van der Waals surface area contributed by atoms with E-state index in [4.69, 9.17) is 24.1 Å². The lowest BCUT2D eigenvalue weighted by Crippen LogP contribution is -2.25. The summed E-state index contributed by atoms with van der Waals surface area (Å²) >= 11 is 0. The van der Waals surface area contributed by atoms with E-state index in [0.717, 1.165) is 5.56 Å². The molecule has 53 heavy (non-hydrogen) atoms. The molecule has 0 spiro atoms. The lowest BCUT2D eigenvalue weighted by atomic mass is 9.93. The van der Waals surface area contributed by atoms with Crippen molar-refractivity contribution in [1.29, 1.82) is 0 Å². The van der Waals surface area contributed by atoms with Crippen molar-refractivity contribution in [3.8, 4) is 34.1 Å². The van der Waals surface area contributed by atoms with Gasteiger partial charge in [-0.05, 0) is 90.9 Å². The molecule has 0 fully saturated rings. The summed E-state index contributed by atoms with van der Waals surface area (Å²) in [6.07, 6.45) is -7.42. The van der Waals surface area contributed by atoms with Gasteiger partial charge in [-0.3, -0.25) is 4.79 Å². The van der Waals surface area contributed by atoms with Crippen LogP contribution in [0.5, 0.6) is 23.0 Å². The number of alkyl halides is 6. The van der Waals surface area contributed by atoms with E-state index in [2.05, 4.69) is 9.97 Å². The summed E-state index contributed by atoms with van der Waals surface area (Å²) in [5.41, 5.74) is -0.380. The first-order valence-electron chi connectivity index (χ1n) is 16.8. The molecule has 3 aromatic carbocycles. The highest BCUT2D eigenvalue weighted by molar-refractivity contribution is 5.77. The topological polar surface area (TPSA) is 103 Å². The number of halogens is 6. The van der Waals surface area contributed by atoms with Gasteiger partial charge in [-0.2, -0.15) is 26.3 Å². The van der Waals surface area contributed by atoms with E-state index in [1.165, 1.54) is 24.4 Å². The lowest BCUT2D eigenvalue weighted by Gasteiger charge is -2.26. The lowest BCUT2D eigenvalue weighted by molar-refractivity contribution is -0.143. The summed E-state index contributed by atoms with van der Waals surface area (Å²) < 4.78 is 106. The Morgan fingerprint density at radius 2 is 1.40 bits per heavy atom. The molecule has 1 N–H and O–H groups in total. The second-order valence-electron chi connectivity index (χ2n) is 12.3. The molecule has 0 aliphatic rings. The van der Waals surface area contributed by atoms with Gasteiger partial charge >= 0.3 is 18.3 Å². The van der Waals surface area contributed by atoms with Crippen molar-refractivity contribution in [1.82, 2.24) is 9.97 Å². The minimum absolute atomic E-state index is 0.0328. The molecule has 15 heteroatoms. The predicted octanol–water partition coefficient (Wildman–Crippen LogP) is 9.56. The van der Waals surface area contributed by atoms with Crippen LogP contribution >= 0.6 is 0 Å². The minimum atomic E-state index is -5.05. The molecule has 0 aliphatic carbocycles. The van der Waals surface area contributed by atoms with Gasteiger partial charge in [0.25, 0.3) is 0 Å². The molecule has 286 valence electrons. The maximum Gasteiger partial charge on any atom is 0.416 e. The Morgan fingerprint density at radius 1 is 0.792 bits per heavy atom. The first-order valence-corrected chi connectivity index (χ1v) is 16.8. The molecule has 4 aromatic rings. The molecule has 0 radical (unpaired) electrons. The van der Waals surface area contributed by atoms with Crippen LogP contribution in [0.2, 0.25) is 0 Å². The van der Waals surface area contributed by atoms with Gasteiger partial charge in [-0.1, -0.05) is 19.9 Å². The van der Waals surface area contributed by atoms with Crippen LogP contribution in [0, 0.1) is 0 Å².